The highest BCUT2D eigenvalue weighted by Crippen LogP contribution is 2.33. The zero-order valence-electron chi connectivity index (χ0n) is 10.7. The third kappa shape index (κ3) is 2.31. The van der Waals surface area contributed by atoms with Crippen LogP contribution in [0.25, 0.3) is 0 Å². The summed E-state index contributed by atoms with van der Waals surface area (Å²) in [4.78, 5) is 23.8. The summed E-state index contributed by atoms with van der Waals surface area (Å²) >= 11 is 0. The Morgan fingerprint density at radius 3 is 2.80 bits per heavy atom. The number of nitro benzene ring substituents is 1. The zero-order valence-corrected chi connectivity index (χ0v) is 10.7. The number of hydrogen-bond donors (Lipinski definition) is 1. The van der Waals surface area contributed by atoms with Crippen LogP contribution < -0.4 is 5.32 Å². The standard InChI is InChI=1S/C13H14FN3O3/c14-10-2-1-3-11(13(10)17(19)20)15-8-6-12(18)16(7-8)9-4-5-9/h1-3,8-9,15H,4-7H2. The Hall–Kier alpha value is -2.18. The molecule has 1 heterocycles. The molecular formula is C13H14FN3O3. The second-order valence-corrected chi connectivity index (χ2v) is 5.22. The van der Waals surface area contributed by atoms with Crippen LogP contribution in [-0.2, 0) is 4.79 Å². The van der Waals surface area contributed by atoms with Crippen LogP contribution in [0.1, 0.15) is 19.3 Å². The van der Waals surface area contributed by atoms with E-state index in [9.17, 15) is 19.3 Å². The van der Waals surface area contributed by atoms with E-state index in [4.69, 9.17) is 0 Å². The number of halogens is 1. The summed E-state index contributed by atoms with van der Waals surface area (Å²) in [7, 11) is 0. The lowest BCUT2D eigenvalue weighted by atomic mass is 10.2. The molecule has 2 fully saturated rings. The van der Waals surface area contributed by atoms with E-state index in [2.05, 4.69) is 5.32 Å². The first kappa shape index (κ1) is 12.8. The highest BCUT2D eigenvalue weighted by Gasteiger charge is 2.39. The molecule has 1 saturated carbocycles. The highest BCUT2D eigenvalue weighted by atomic mass is 19.1. The van der Waals surface area contributed by atoms with Gasteiger partial charge in [-0.25, -0.2) is 0 Å². The van der Waals surface area contributed by atoms with Crippen molar-refractivity contribution >= 4 is 17.3 Å². The normalized spacial score (nSPS) is 22.1. The van der Waals surface area contributed by atoms with Gasteiger partial charge in [0.2, 0.25) is 11.7 Å². The predicted octanol–water partition coefficient (Wildman–Crippen LogP) is 1.91. The van der Waals surface area contributed by atoms with E-state index in [0.29, 0.717) is 19.0 Å². The predicted molar refractivity (Wildman–Crippen MR) is 69.8 cm³/mol. The molecule has 1 saturated heterocycles. The van der Waals surface area contributed by atoms with Gasteiger partial charge in [0, 0.05) is 19.0 Å². The number of anilines is 1. The van der Waals surface area contributed by atoms with Crippen LogP contribution in [0.4, 0.5) is 15.8 Å². The number of para-hydroxylation sites is 1. The van der Waals surface area contributed by atoms with Crippen molar-refractivity contribution in [2.45, 2.75) is 31.3 Å². The number of nitrogens with zero attached hydrogens (tertiary/aromatic N) is 2. The number of likely N-dealkylation sites (tertiary alicyclic amines) is 1. The maximum atomic E-state index is 13.5. The van der Waals surface area contributed by atoms with Crippen LogP contribution >= 0.6 is 0 Å². The third-order valence-corrected chi connectivity index (χ3v) is 3.68. The minimum absolute atomic E-state index is 0.0593. The summed E-state index contributed by atoms with van der Waals surface area (Å²) in [5, 5.41) is 13.8. The second kappa shape index (κ2) is 4.73. The van der Waals surface area contributed by atoms with E-state index in [1.807, 2.05) is 4.90 Å². The molecule has 0 aromatic heterocycles. The molecule has 1 amide bonds. The van der Waals surface area contributed by atoms with Gasteiger partial charge in [-0.2, -0.15) is 4.39 Å². The summed E-state index contributed by atoms with van der Waals surface area (Å²) in [6.07, 6.45) is 2.35. The smallest absolute Gasteiger partial charge is 0.327 e. The van der Waals surface area contributed by atoms with Crippen molar-refractivity contribution in [3.05, 3.63) is 34.1 Å². The van der Waals surface area contributed by atoms with Crippen molar-refractivity contribution in [3.63, 3.8) is 0 Å². The van der Waals surface area contributed by atoms with Gasteiger partial charge in [0.05, 0.1) is 11.0 Å². The molecule has 1 aliphatic carbocycles. The van der Waals surface area contributed by atoms with Gasteiger partial charge in [-0.3, -0.25) is 14.9 Å². The van der Waals surface area contributed by atoms with Crippen molar-refractivity contribution < 1.29 is 14.1 Å². The Labute approximate surface area is 114 Å². The lowest BCUT2D eigenvalue weighted by Crippen LogP contribution is -2.29. The summed E-state index contributed by atoms with van der Waals surface area (Å²) in [5.41, 5.74) is -0.435. The summed E-state index contributed by atoms with van der Waals surface area (Å²) < 4.78 is 13.5. The van der Waals surface area contributed by atoms with Crippen LogP contribution in [0.5, 0.6) is 0 Å². The van der Waals surface area contributed by atoms with Crippen molar-refractivity contribution in [1.29, 1.82) is 0 Å². The molecule has 1 N–H and O–H groups in total. The Kier molecular flexibility index (Phi) is 3.04. The average Bonchev–Trinajstić information content (AvgIpc) is 3.14. The van der Waals surface area contributed by atoms with Gasteiger partial charge in [0.25, 0.3) is 0 Å². The molecule has 20 heavy (non-hydrogen) atoms. The molecule has 1 unspecified atom stereocenters. The van der Waals surface area contributed by atoms with Crippen molar-refractivity contribution in [3.8, 4) is 0 Å². The van der Waals surface area contributed by atoms with Crippen molar-refractivity contribution in [1.82, 2.24) is 4.90 Å². The molecule has 106 valence electrons. The van der Waals surface area contributed by atoms with Gasteiger partial charge in [-0.15, -0.1) is 0 Å². The average molecular weight is 279 g/mol. The summed E-state index contributed by atoms with van der Waals surface area (Å²) in [6.45, 7) is 0.525. The fourth-order valence-electron chi connectivity index (χ4n) is 2.60. The fourth-order valence-corrected chi connectivity index (χ4v) is 2.60. The molecule has 7 heteroatoms. The van der Waals surface area contributed by atoms with Gasteiger partial charge in [-0.1, -0.05) is 6.07 Å². The lowest BCUT2D eigenvalue weighted by Gasteiger charge is -2.16. The van der Waals surface area contributed by atoms with E-state index in [1.165, 1.54) is 12.1 Å². The molecule has 0 radical (unpaired) electrons. The van der Waals surface area contributed by atoms with Crippen LogP contribution in [0.3, 0.4) is 0 Å². The topological polar surface area (TPSA) is 75.5 Å². The van der Waals surface area contributed by atoms with Gasteiger partial charge >= 0.3 is 5.69 Å². The first-order valence-corrected chi connectivity index (χ1v) is 6.55. The summed E-state index contributed by atoms with van der Waals surface area (Å²) in [6, 6.07) is 4.06. The number of carbonyl (C=O) groups is 1. The van der Waals surface area contributed by atoms with Gasteiger partial charge in [-0.05, 0) is 25.0 Å². The van der Waals surface area contributed by atoms with Crippen LogP contribution in [0, 0.1) is 15.9 Å². The number of benzene rings is 1. The van der Waals surface area contributed by atoms with E-state index >= 15 is 0 Å². The maximum absolute atomic E-state index is 13.5. The highest BCUT2D eigenvalue weighted by molar-refractivity contribution is 5.81. The minimum atomic E-state index is -0.872. The first-order valence-electron chi connectivity index (χ1n) is 6.55. The number of rotatable bonds is 4. The quantitative estimate of drug-likeness (QED) is 0.674. The molecule has 0 spiro atoms. The minimum Gasteiger partial charge on any atom is -0.374 e. The summed E-state index contributed by atoms with van der Waals surface area (Å²) in [5.74, 6) is -0.813. The van der Waals surface area contributed by atoms with Gasteiger partial charge < -0.3 is 10.2 Å². The Balaban J connectivity index is 1.77. The third-order valence-electron chi connectivity index (χ3n) is 3.68. The number of amides is 1. The molecule has 1 aliphatic heterocycles. The zero-order chi connectivity index (χ0) is 14.3. The second-order valence-electron chi connectivity index (χ2n) is 5.22. The van der Waals surface area contributed by atoms with E-state index in [1.54, 1.807) is 0 Å². The molecule has 3 rings (SSSR count). The molecule has 1 aromatic carbocycles. The van der Waals surface area contributed by atoms with E-state index < -0.39 is 16.4 Å². The number of nitrogens with one attached hydrogen (secondary N) is 1. The maximum Gasteiger partial charge on any atom is 0.327 e. The number of nitro groups is 1. The molecule has 2 aliphatic rings. The van der Waals surface area contributed by atoms with Crippen molar-refractivity contribution in [2.75, 3.05) is 11.9 Å². The fraction of sp³-hybridized carbons (Fsp3) is 0.462. The van der Waals surface area contributed by atoms with Crippen LogP contribution in [-0.4, -0.2) is 34.4 Å². The van der Waals surface area contributed by atoms with Gasteiger partial charge in [0.1, 0.15) is 5.69 Å². The van der Waals surface area contributed by atoms with Crippen LogP contribution in [0.15, 0.2) is 18.2 Å². The molecule has 1 aromatic rings. The molecular weight excluding hydrogens is 265 g/mol. The number of hydrogen-bond acceptors (Lipinski definition) is 4. The number of carbonyl (C=O) groups excluding carboxylic acids is 1. The van der Waals surface area contributed by atoms with E-state index in [0.717, 1.165) is 18.9 Å². The van der Waals surface area contributed by atoms with Crippen molar-refractivity contribution in [2.24, 2.45) is 0 Å². The largest absolute Gasteiger partial charge is 0.374 e. The van der Waals surface area contributed by atoms with E-state index in [-0.39, 0.29) is 17.6 Å². The SMILES string of the molecule is O=C1CC(Nc2cccc(F)c2[N+](=O)[O-])CN1C1CC1. The monoisotopic (exact) mass is 279 g/mol. The molecule has 1 atom stereocenters. The van der Waals surface area contributed by atoms with Gasteiger partial charge in [0.15, 0.2) is 0 Å². The van der Waals surface area contributed by atoms with Crippen LogP contribution in [0.2, 0.25) is 0 Å². The lowest BCUT2D eigenvalue weighted by molar-refractivity contribution is -0.386. The first-order chi connectivity index (χ1) is 9.56. The Bertz CT molecular complexity index is 574. The Morgan fingerprint density at radius 2 is 2.15 bits per heavy atom. The molecule has 0 bridgehead atoms. The Morgan fingerprint density at radius 1 is 1.40 bits per heavy atom. The molecule has 6 nitrogen and oxygen atoms in total.